The van der Waals surface area contributed by atoms with Gasteiger partial charge in [0.2, 0.25) is 0 Å². The van der Waals surface area contributed by atoms with Gasteiger partial charge in [0.05, 0.1) is 0 Å². The monoisotopic (exact) mass is 263 g/mol. The molecule has 0 bridgehead atoms. The highest BCUT2D eigenvalue weighted by molar-refractivity contribution is 5.42. The quantitative estimate of drug-likeness (QED) is 0.774. The van der Waals surface area contributed by atoms with Crippen molar-refractivity contribution in [2.24, 2.45) is 0 Å². The van der Waals surface area contributed by atoms with E-state index in [0.717, 1.165) is 31.6 Å². The van der Waals surface area contributed by atoms with E-state index in [1.54, 1.807) is 0 Å². The molecule has 0 aliphatic carbocycles. The standard InChI is InChI=1S/C16H29N3/c1-6-10-17-13(4)14-9-11-18-16(12-14)19(5)15(7-2)8-3/h9,11-13,15,17H,6-8,10H2,1-5H3. The van der Waals surface area contributed by atoms with Crippen molar-refractivity contribution in [3.63, 3.8) is 0 Å². The van der Waals surface area contributed by atoms with Crippen molar-refractivity contribution in [2.75, 3.05) is 18.5 Å². The first-order valence-electron chi connectivity index (χ1n) is 7.56. The third kappa shape index (κ3) is 4.50. The van der Waals surface area contributed by atoms with Crippen LogP contribution in [0.25, 0.3) is 0 Å². The third-order valence-electron chi connectivity index (χ3n) is 3.82. The van der Waals surface area contributed by atoms with Gasteiger partial charge < -0.3 is 10.2 Å². The molecule has 1 rings (SSSR count). The predicted molar refractivity (Wildman–Crippen MR) is 83.7 cm³/mol. The predicted octanol–water partition coefficient (Wildman–Crippen LogP) is 3.77. The minimum absolute atomic E-state index is 0.386. The van der Waals surface area contributed by atoms with E-state index < -0.39 is 0 Å². The number of aromatic nitrogens is 1. The van der Waals surface area contributed by atoms with Crippen LogP contribution in [0.2, 0.25) is 0 Å². The Hall–Kier alpha value is -1.09. The highest BCUT2D eigenvalue weighted by atomic mass is 15.2. The maximum atomic E-state index is 4.52. The van der Waals surface area contributed by atoms with Gasteiger partial charge in [-0.25, -0.2) is 4.98 Å². The lowest BCUT2D eigenvalue weighted by atomic mass is 10.1. The summed E-state index contributed by atoms with van der Waals surface area (Å²) in [4.78, 5) is 6.82. The van der Waals surface area contributed by atoms with Crippen LogP contribution >= 0.6 is 0 Å². The SMILES string of the molecule is CCCNC(C)c1ccnc(N(C)C(CC)CC)c1. The summed E-state index contributed by atoms with van der Waals surface area (Å²) < 4.78 is 0. The summed E-state index contributed by atoms with van der Waals surface area (Å²) in [6, 6.07) is 5.28. The Morgan fingerprint density at radius 2 is 1.95 bits per heavy atom. The minimum Gasteiger partial charge on any atom is -0.357 e. The minimum atomic E-state index is 0.386. The Bertz CT molecular complexity index is 361. The first kappa shape index (κ1) is 16.0. The second kappa shape index (κ2) is 8.16. The molecule has 0 radical (unpaired) electrons. The van der Waals surface area contributed by atoms with Crippen molar-refractivity contribution in [1.29, 1.82) is 0 Å². The zero-order valence-electron chi connectivity index (χ0n) is 13.1. The molecular formula is C16H29N3. The molecule has 1 unspecified atom stereocenters. The topological polar surface area (TPSA) is 28.2 Å². The van der Waals surface area contributed by atoms with Crippen LogP contribution in [-0.4, -0.2) is 24.6 Å². The largest absolute Gasteiger partial charge is 0.357 e. The van der Waals surface area contributed by atoms with Gasteiger partial charge in [-0.05, 0) is 50.4 Å². The molecule has 1 N–H and O–H groups in total. The van der Waals surface area contributed by atoms with Gasteiger partial charge >= 0.3 is 0 Å². The smallest absolute Gasteiger partial charge is 0.128 e. The van der Waals surface area contributed by atoms with Crippen LogP contribution in [0, 0.1) is 0 Å². The average molecular weight is 263 g/mol. The number of hydrogen-bond donors (Lipinski definition) is 1. The highest BCUT2D eigenvalue weighted by Gasteiger charge is 2.13. The highest BCUT2D eigenvalue weighted by Crippen LogP contribution is 2.20. The molecule has 0 aliphatic heterocycles. The van der Waals surface area contributed by atoms with Crippen molar-refractivity contribution in [1.82, 2.24) is 10.3 Å². The van der Waals surface area contributed by atoms with Gasteiger partial charge in [0.25, 0.3) is 0 Å². The Balaban J connectivity index is 2.81. The summed E-state index contributed by atoms with van der Waals surface area (Å²) in [6.45, 7) is 9.94. The van der Waals surface area contributed by atoms with Crippen LogP contribution in [0.4, 0.5) is 5.82 Å². The van der Waals surface area contributed by atoms with E-state index in [-0.39, 0.29) is 0 Å². The van der Waals surface area contributed by atoms with Crippen molar-refractivity contribution in [2.45, 2.75) is 59.0 Å². The zero-order chi connectivity index (χ0) is 14.3. The van der Waals surface area contributed by atoms with E-state index in [9.17, 15) is 0 Å². The number of nitrogens with zero attached hydrogens (tertiary/aromatic N) is 2. The average Bonchev–Trinajstić information content (AvgIpc) is 2.46. The molecule has 108 valence electrons. The van der Waals surface area contributed by atoms with Crippen molar-refractivity contribution in [3.05, 3.63) is 23.9 Å². The maximum Gasteiger partial charge on any atom is 0.128 e. The summed E-state index contributed by atoms with van der Waals surface area (Å²) in [6.07, 6.45) is 5.40. The zero-order valence-corrected chi connectivity index (χ0v) is 13.1. The summed E-state index contributed by atoms with van der Waals surface area (Å²) in [5.74, 6) is 1.08. The van der Waals surface area contributed by atoms with Crippen molar-refractivity contribution < 1.29 is 0 Å². The summed E-state index contributed by atoms with van der Waals surface area (Å²) >= 11 is 0. The molecule has 0 fully saturated rings. The third-order valence-corrected chi connectivity index (χ3v) is 3.82. The summed E-state index contributed by atoms with van der Waals surface area (Å²) in [5.41, 5.74) is 1.32. The molecule has 19 heavy (non-hydrogen) atoms. The van der Waals surface area contributed by atoms with Gasteiger partial charge in [-0.2, -0.15) is 0 Å². The number of rotatable bonds is 8. The van der Waals surface area contributed by atoms with Crippen LogP contribution in [0.1, 0.15) is 58.6 Å². The Morgan fingerprint density at radius 1 is 1.26 bits per heavy atom. The lowest BCUT2D eigenvalue weighted by Crippen LogP contribution is -2.31. The second-order valence-corrected chi connectivity index (χ2v) is 5.20. The fraction of sp³-hybridized carbons (Fsp3) is 0.688. The number of pyridine rings is 1. The Morgan fingerprint density at radius 3 is 2.53 bits per heavy atom. The normalized spacial score (nSPS) is 12.7. The number of hydrogen-bond acceptors (Lipinski definition) is 3. The van der Waals surface area contributed by atoms with Crippen LogP contribution in [0.3, 0.4) is 0 Å². The van der Waals surface area contributed by atoms with Gasteiger partial charge in [-0.1, -0.05) is 20.8 Å². The molecular weight excluding hydrogens is 234 g/mol. The second-order valence-electron chi connectivity index (χ2n) is 5.20. The molecule has 1 aromatic rings. The Kier molecular flexibility index (Phi) is 6.85. The van der Waals surface area contributed by atoms with Crippen LogP contribution in [-0.2, 0) is 0 Å². The van der Waals surface area contributed by atoms with Gasteiger partial charge in [-0.3, -0.25) is 0 Å². The lowest BCUT2D eigenvalue weighted by Gasteiger charge is -2.28. The molecule has 3 nitrogen and oxygen atoms in total. The molecule has 1 heterocycles. The fourth-order valence-electron chi connectivity index (χ4n) is 2.40. The first-order valence-corrected chi connectivity index (χ1v) is 7.56. The van der Waals surface area contributed by atoms with Crippen LogP contribution < -0.4 is 10.2 Å². The molecule has 0 saturated heterocycles. The van der Waals surface area contributed by atoms with Gasteiger partial charge in [0.1, 0.15) is 5.82 Å². The molecule has 3 heteroatoms. The van der Waals surface area contributed by atoms with E-state index in [2.05, 4.69) is 62.1 Å². The van der Waals surface area contributed by atoms with Gasteiger partial charge in [0, 0.05) is 25.3 Å². The van der Waals surface area contributed by atoms with E-state index in [1.807, 2.05) is 6.20 Å². The van der Waals surface area contributed by atoms with E-state index in [4.69, 9.17) is 0 Å². The molecule has 1 aromatic heterocycles. The molecule has 0 saturated carbocycles. The van der Waals surface area contributed by atoms with E-state index in [1.165, 1.54) is 5.56 Å². The van der Waals surface area contributed by atoms with Gasteiger partial charge in [-0.15, -0.1) is 0 Å². The fourth-order valence-corrected chi connectivity index (χ4v) is 2.40. The number of nitrogens with one attached hydrogen (secondary N) is 1. The van der Waals surface area contributed by atoms with Gasteiger partial charge in [0.15, 0.2) is 0 Å². The molecule has 0 aromatic carbocycles. The maximum absolute atomic E-state index is 4.52. The lowest BCUT2D eigenvalue weighted by molar-refractivity contribution is 0.566. The molecule has 0 spiro atoms. The number of anilines is 1. The first-order chi connectivity index (χ1) is 9.13. The molecule has 0 amide bonds. The summed E-state index contributed by atoms with van der Waals surface area (Å²) in [5, 5.41) is 3.53. The van der Waals surface area contributed by atoms with Crippen molar-refractivity contribution >= 4 is 5.82 Å². The molecule has 0 aliphatic rings. The Labute approximate surface area is 118 Å². The van der Waals surface area contributed by atoms with E-state index in [0.29, 0.717) is 12.1 Å². The van der Waals surface area contributed by atoms with Crippen LogP contribution in [0.15, 0.2) is 18.3 Å². The summed E-state index contributed by atoms with van der Waals surface area (Å²) in [7, 11) is 2.15. The van der Waals surface area contributed by atoms with Crippen molar-refractivity contribution in [3.8, 4) is 0 Å². The van der Waals surface area contributed by atoms with Crippen LogP contribution in [0.5, 0.6) is 0 Å². The van der Waals surface area contributed by atoms with E-state index >= 15 is 0 Å². The molecule has 1 atom stereocenters.